The highest BCUT2D eigenvalue weighted by molar-refractivity contribution is 6.31. The highest BCUT2D eigenvalue weighted by Gasteiger charge is 2.20. The van der Waals surface area contributed by atoms with Crippen molar-refractivity contribution >= 4 is 17.5 Å². The van der Waals surface area contributed by atoms with Gasteiger partial charge in [-0.2, -0.15) is 5.26 Å². The molecular weight excluding hydrogens is 231 g/mol. The van der Waals surface area contributed by atoms with Gasteiger partial charge in [-0.15, -0.1) is 0 Å². The molecule has 1 aromatic rings. The van der Waals surface area contributed by atoms with Crippen LogP contribution in [-0.2, 0) is 0 Å². The van der Waals surface area contributed by atoms with Crippen molar-refractivity contribution in [2.45, 2.75) is 13.0 Å². The van der Waals surface area contributed by atoms with Crippen LogP contribution in [-0.4, -0.2) is 23.9 Å². The molecule has 0 bridgehead atoms. The second-order valence-electron chi connectivity index (χ2n) is 3.35. The molecule has 0 spiro atoms. The van der Waals surface area contributed by atoms with Crippen molar-refractivity contribution in [2.75, 3.05) is 7.05 Å². The summed E-state index contributed by atoms with van der Waals surface area (Å²) < 4.78 is 13.4. The van der Waals surface area contributed by atoms with Gasteiger partial charge in [0.1, 0.15) is 11.9 Å². The molecule has 0 aliphatic heterocycles. The van der Waals surface area contributed by atoms with Crippen LogP contribution in [0.15, 0.2) is 18.2 Å². The molecular formula is C11H10ClFN2O. The molecule has 1 aromatic carbocycles. The minimum atomic E-state index is -0.647. The van der Waals surface area contributed by atoms with E-state index < -0.39 is 17.8 Å². The number of carbonyl (C=O) groups is 1. The predicted molar refractivity (Wildman–Crippen MR) is 58.6 cm³/mol. The van der Waals surface area contributed by atoms with Gasteiger partial charge in [0.15, 0.2) is 0 Å². The monoisotopic (exact) mass is 240 g/mol. The number of rotatable bonds is 2. The summed E-state index contributed by atoms with van der Waals surface area (Å²) >= 11 is 5.68. The van der Waals surface area contributed by atoms with Crippen LogP contribution in [0.5, 0.6) is 0 Å². The molecule has 0 aromatic heterocycles. The molecule has 1 rings (SSSR count). The largest absolute Gasteiger partial charge is 0.326 e. The average Bonchev–Trinajstić information content (AvgIpc) is 2.29. The Balaban J connectivity index is 3.06. The van der Waals surface area contributed by atoms with E-state index in [0.29, 0.717) is 0 Å². The van der Waals surface area contributed by atoms with Gasteiger partial charge >= 0.3 is 0 Å². The Kier molecular flexibility index (Phi) is 3.86. The second-order valence-corrected chi connectivity index (χ2v) is 3.78. The van der Waals surface area contributed by atoms with Crippen LogP contribution in [0.4, 0.5) is 4.39 Å². The summed E-state index contributed by atoms with van der Waals surface area (Å²) in [6, 6.07) is 5.02. The zero-order valence-corrected chi connectivity index (χ0v) is 9.62. The Labute approximate surface area is 98.0 Å². The highest BCUT2D eigenvalue weighted by Crippen LogP contribution is 2.17. The number of carbonyl (C=O) groups excluding carboxylic acids is 1. The lowest BCUT2D eigenvalue weighted by atomic mass is 10.1. The number of benzene rings is 1. The van der Waals surface area contributed by atoms with Crippen LogP contribution in [0.2, 0.25) is 5.02 Å². The van der Waals surface area contributed by atoms with Gasteiger partial charge in [0.05, 0.1) is 11.6 Å². The lowest BCUT2D eigenvalue weighted by Crippen LogP contribution is -2.34. The smallest absolute Gasteiger partial charge is 0.257 e. The molecule has 1 unspecified atom stereocenters. The fourth-order valence-corrected chi connectivity index (χ4v) is 1.29. The third kappa shape index (κ3) is 2.50. The molecule has 0 fully saturated rings. The quantitative estimate of drug-likeness (QED) is 0.797. The Hall–Kier alpha value is -1.60. The number of halogens is 2. The van der Waals surface area contributed by atoms with E-state index in [0.717, 1.165) is 11.0 Å². The molecule has 16 heavy (non-hydrogen) atoms. The third-order valence-corrected chi connectivity index (χ3v) is 2.48. The Morgan fingerprint density at radius 1 is 1.62 bits per heavy atom. The lowest BCUT2D eigenvalue weighted by molar-refractivity contribution is 0.0768. The topological polar surface area (TPSA) is 44.1 Å². The molecule has 5 heteroatoms. The van der Waals surface area contributed by atoms with Crippen molar-refractivity contribution in [1.82, 2.24) is 4.90 Å². The van der Waals surface area contributed by atoms with E-state index in [1.807, 2.05) is 6.07 Å². The van der Waals surface area contributed by atoms with Crippen molar-refractivity contribution in [3.8, 4) is 6.07 Å². The Bertz CT molecular complexity index is 456. The maximum atomic E-state index is 13.4. The molecule has 1 amide bonds. The summed E-state index contributed by atoms with van der Waals surface area (Å²) in [5.74, 6) is -1.21. The van der Waals surface area contributed by atoms with Crippen molar-refractivity contribution in [3.05, 3.63) is 34.6 Å². The van der Waals surface area contributed by atoms with Crippen LogP contribution in [0.1, 0.15) is 17.3 Å². The van der Waals surface area contributed by atoms with Gasteiger partial charge in [-0.3, -0.25) is 4.79 Å². The zero-order chi connectivity index (χ0) is 12.3. The van der Waals surface area contributed by atoms with Gasteiger partial charge in [-0.1, -0.05) is 11.6 Å². The van der Waals surface area contributed by atoms with E-state index in [2.05, 4.69) is 0 Å². The lowest BCUT2D eigenvalue weighted by Gasteiger charge is -2.19. The number of hydrogen-bond donors (Lipinski definition) is 0. The summed E-state index contributed by atoms with van der Waals surface area (Å²) in [6.45, 7) is 1.56. The SMILES string of the molecule is CC(C#N)N(C)C(=O)c1cc(Cl)ccc1F. The summed E-state index contributed by atoms with van der Waals surface area (Å²) in [5.41, 5.74) is -0.128. The van der Waals surface area contributed by atoms with E-state index in [9.17, 15) is 9.18 Å². The predicted octanol–water partition coefficient (Wildman–Crippen LogP) is 2.46. The van der Waals surface area contributed by atoms with Crippen LogP contribution < -0.4 is 0 Å². The van der Waals surface area contributed by atoms with Gasteiger partial charge < -0.3 is 4.90 Å². The van der Waals surface area contributed by atoms with Crippen LogP contribution in [0.25, 0.3) is 0 Å². The molecule has 0 saturated heterocycles. The fourth-order valence-electron chi connectivity index (χ4n) is 1.11. The van der Waals surface area contributed by atoms with Crippen molar-refractivity contribution < 1.29 is 9.18 Å². The first-order chi connectivity index (χ1) is 7.47. The van der Waals surface area contributed by atoms with Gasteiger partial charge in [0.2, 0.25) is 0 Å². The number of nitrogens with zero attached hydrogens (tertiary/aromatic N) is 2. The molecule has 0 N–H and O–H groups in total. The van der Waals surface area contributed by atoms with E-state index in [1.165, 1.54) is 19.2 Å². The molecule has 0 radical (unpaired) electrons. The highest BCUT2D eigenvalue weighted by atomic mass is 35.5. The summed E-state index contributed by atoms with van der Waals surface area (Å²) in [7, 11) is 1.44. The van der Waals surface area contributed by atoms with Gasteiger partial charge in [0, 0.05) is 12.1 Å². The molecule has 84 valence electrons. The first-order valence-electron chi connectivity index (χ1n) is 4.59. The van der Waals surface area contributed by atoms with Crippen LogP contribution in [0.3, 0.4) is 0 Å². The van der Waals surface area contributed by atoms with Crippen molar-refractivity contribution in [3.63, 3.8) is 0 Å². The standard InChI is InChI=1S/C11H10ClFN2O/c1-7(6-14)15(2)11(16)9-5-8(12)3-4-10(9)13/h3-5,7H,1-2H3. The maximum Gasteiger partial charge on any atom is 0.257 e. The first kappa shape index (κ1) is 12.5. The molecule has 0 aliphatic carbocycles. The second kappa shape index (κ2) is 4.95. The summed E-state index contributed by atoms with van der Waals surface area (Å²) in [6.07, 6.45) is 0. The summed E-state index contributed by atoms with van der Waals surface area (Å²) in [4.78, 5) is 13.0. The zero-order valence-electron chi connectivity index (χ0n) is 8.87. The Morgan fingerprint density at radius 2 is 2.25 bits per heavy atom. The third-order valence-electron chi connectivity index (χ3n) is 2.25. The van der Waals surface area contributed by atoms with Gasteiger partial charge in [-0.25, -0.2) is 4.39 Å². The molecule has 0 heterocycles. The number of amides is 1. The molecule has 1 atom stereocenters. The van der Waals surface area contributed by atoms with Crippen molar-refractivity contribution in [2.24, 2.45) is 0 Å². The van der Waals surface area contributed by atoms with Crippen LogP contribution in [0, 0.1) is 17.1 Å². The molecule has 0 saturated carbocycles. The molecule has 0 aliphatic rings. The minimum absolute atomic E-state index is 0.128. The van der Waals surface area contributed by atoms with E-state index in [1.54, 1.807) is 6.92 Å². The first-order valence-corrected chi connectivity index (χ1v) is 4.97. The van der Waals surface area contributed by atoms with E-state index >= 15 is 0 Å². The molecule has 3 nitrogen and oxygen atoms in total. The van der Waals surface area contributed by atoms with E-state index in [4.69, 9.17) is 16.9 Å². The maximum absolute atomic E-state index is 13.4. The minimum Gasteiger partial charge on any atom is -0.326 e. The normalized spacial score (nSPS) is 11.7. The number of hydrogen-bond acceptors (Lipinski definition) is 2. The van der Waals surface area contributed by atoms with Gasteiger partial charge in [0.25, 0.3) is 5.91 Å². The van der Waals surface area contributed by atoms with E-state index in [-0.39, 0.29) is 10.6 Å². The fraction of sp³-hybridized carbons (Fsp3) is 0.273. The number of nitriles is 1. The van der Waals surface area contributed by atoms with Crippen molar-refractivity contribution in [1.29, 1.82) is 5.26 Å². The Morgan fingerprint density at radius 3 is 2.81 bits per heavy atom. The summed E-state index contributed by atoms with van der Waals surface area (Å²) in [5, 5.41) is 8.94. The average molecular weight is 241 g/mol. The van der Waals surface area contributed by atoms with Gasteiger partial charge in [-0.05, 0) is 25.1 Å². The van der Waals surface area contributed by atoms with Crippen LogP contribution >= 0.6 is 11.6 Å².